The molecule has 5 nitrogen and oxygen atoms in total. The van der Waals surface area contributed by atoms with E-state index in [4.69, 9.17) is 23.2 Å². The van der Waals surface area contributed by atoms with Crippen molar-refractivity contribution in [2.24, 2.45) is 0 Å². The maximum atomic E-state index is 13.4. The molecule has 3 rings (SSSR count). The Labute approximate surface area is 180 Å². The van der Waals surface area contributed by atoms with Gasteiger partial charge in [-0.2, -0.15) is 4.31 Å². The maximum Gasteiger partial charge on any atom is 0.247 e. The van der Waals surface area contributed by atoms with Crippen molar-refractivity contribution in [3.8, 4) is 0 Å². The Morgan fingerprint density at radius 1 is 0.966 bits per heavy atom. The number of nitrogens with zero attached hydrogens (tertiary/aromatic N) is 2. The molecular formula is C21H20Cl2N2O3S. The standard InChI is InChI=1S/C21H20Cl2N2O3S/c22-18-11-13-24-21(23)20(18)29(27,28)25(15-16-7-3-1-4-8-16)14-12-19(26)17-9-5-2-6-10-17/h1-11,13,19,26H,12,14-15H2. The van der Waals surface area contributed by atoms with Gasteiger partial charge in [-0.1, -0.05) is 83.9 Å². The minimum Gasteiger partial charge on any atom is -0.388 e. The predicted octanol–water partition coefficient (Wildman–Crippen LogP) is 4.70. The summed E-state index contributed by atoms with van der Waals surface area (Å²) in [5, 5.41) is 10.3. The summed E-state index contributed by atoms with van der Waals surface area (Å²) in [4.78, 5) is 3.64. The van der Waals surface area contributed by atoms with E-state index in [1.165, 1.54) is 16.6 Å². The topological polar surface area (TPSA) is 70.5 Å². The van der Waals surface area contributed by atoms with E-state index >= 15 is 0 Å². The molecule has 0 aliphatic carbocycles. The summed E-state index contributed by atoms with van der Waals surface area (Å²) in [6, 6.07) is 19.7. The molecule has 2 aromatic carbocycles. The van der Waals surface area contributed by atoms with Crippen molar-refractivity contribution in [1.29, 1.82) is 0 Å². The van der Waals surface area contributed by atoms with Crippen molar-refractivity contribution in [2.75, 3.05) is 6.54 Å². The van der Waals surface area contributed by atoms with Gasteiger partial charge in [0.05, 0.1) is 11.1 Å². The summed E-state index contributed by atoms with van der Waals surface area (Å²) >= 11 is 12.2. The number of hydrogen-bond donors (Lipinski definition) is 1. The summed E-state index contributed by atoms with van der Waals surface area (Å²) in [5.41, 5.74) is 1.53. The Morgan fingerprint density at radius 2 is 1.59 bits per heavy atom. The average molecular weight is 451 g/mol. The van der Waals surface area contributed by atoms with Crippen LogP contribution in [0.5, 0.6) is 0 Å². The van der Waals surface area contributed by atoms with Crippen LogP contribution in [-0.4, -0.2) is 29.4 Å². The van der Waals surface area contributed by atoms with Gasteiger partial charge >= 0.3 is 0 Å². The molecule has 1 heterocycles. The van der Waals surface area contributed by atoms with Crippen LogP contribution in [-0.2, 0) is 16.6 Å². The van der Waals surface area contributed by atoms with Gasteiger partial charge in [-0.15, -0.1) is 0 Å². The lowest BCUT2D eigenvalue weighted by molar-refractivity contribution is 0.157. The van der Waals surface area contributed by atoms with Gasteiger partial charge < -0.3 is 5.11 Å². The average Bonchev–Trinajstić information content (AvgIpc) is 2.72. The first-order valence-corrected chi connectivity index (χ1v) is 11.2. The molecule has 0 saturated carbocycles. The first kappa shape index (κ1) is 21.7. The highest BCUT2D eigenvalue weighted by Gasteiger charge is 2.30. The van der Waals surface area contributed by atoms with Crippen LogP contribution in [0.3, 0.4) is 0 Å². The van der Waals surface area contributed by atoms with E-state index in [2.05, 4.69) is 4.98 Å². The summed E-state index contributed by atoms with van der Waals surface area (Å²) in [6.45, 7) is 0.196. The fourth-order valence-corrected chi connectivity index (χ4v) is 5.38. The van der Waals surface area contributed by atoms with Gasteiger partial charge in [0.2, 0.25) is 10.0 Å². The van der Waals surface area contributed by atoms with Gasteiger partial charge in [0.1, 0.15) is 4.90 Å². The van der Waals surface area contributed by atoms with Crippen molar-refractivity contribution in [2.45, 2.75) is 24.0 Å². The number of aliphatic hydroxyl groups excluding tert-OH is 1. The van der Waals surface area contributed by atoms with E-state index in [0.29, 0.717) is 0 Å². The Balaban J connectivity index is 1.90. The van der Waals surface area contributed by atoms with E-state index in [1.54, 1.807) is 12.1 Å². The number of aliphatic hydroxyl groups is 1. The summed E-state index contributed by atoms with van der Waals surface area (Å²) in [7, 11) is -4.04. The van der Waals surface area contributed by atoms with Gasteiger partial charge in [0, 0.05) is 19.3 Å². The fourth-order valence-electron chi connectivity index (χ4n) is 2.94. The highest BCUT2D eigenvalue weighted by atomic mass is 35.5. The Bertz CT molecular complexity index is 1030. The lowest BCUT2D eigenvalue weighted by atomic mass is 10.1. The summed E-state index contributed by atoms with van der Waals surface area (Å²) in [6.07, 6.45) is 0.764. The highest BCUT2D eigenvalue weighted by Crippen LogP contribution is 2.31. The van der Waals surface area contributed by atoms with E-state index in [1.807, 2.05) is 48.5 Å². The zero-order chi connectivity index (χ0) is 20.9. The Hall–Kier alpha value is -1.96. The first-order valence-electron chi connectivity index (χ1n) is 8.96. The molecule has 1 aromatic heterocycles. The number of aromatic nitrogens is 1. The first-order chi connectivity index (χ1) is 13.9. The van der Waals surface area contributed by atoms with E-state index in [-0.39, 0.29) is 34.6 Å². The summed E-state index contributed by atoms with van der Waals surface area (Å²) in [5.74, 6) is 0. The number of hydrogen-bond acceptors (Lipinski definition) is 4. The third kappa shape index (κ3) is 5.35. The van der Waals surface area contributed by atoms with Gasteiger partial charge in [-0.3, -0.25) is 0 Å². The lowest BCUT2D eigenvalue weighted by Gasteiger charge is -2.24. The Morgan fingerprint density at radius 3 is 2.21 bits per heavy atom. The number of halogens is 2. The molecule has 0 bridgehead atoms. The van der Waals surface area contributed by atoms with Crippen molar-refractivity contribution in [3.05, 3.63) is 94.2 Å². The number of sulfonamides is 1. The van der Waals surface area contributed by atoms with Gasteiger partial charge in [0.15, 0.2) is 5.15 Å². The third-order valence-electron chi connectivity index (χ3n) is 4.45. The van der Waals surface area contributed by atoms with Gasteiger partial charge in [-0.05, 0) is 23.6 Å². The fraction of sp³-hybridized carbons (Fsp3) is 0.190. The highest BCUT2D eigenvalue weighted by molar-refractivity contribution is 7.89. The number of benzene rings is 2. The molecule has 0 saturated heterocycles. The second-order valence-corrected chi connectivity index (χ2v) is 9.09. The quantitative estimate of drug-likeness (QED) is 0.504. The molecule has 152 valence electrons. The normalized spacial score (nSPS) is 12.8. The molecule has 0 aliphatic rings. The van der Waals surface area contributed by atoms with Crippen LogP contribution in [0, 0.1) is 0 Å². The molecule has 1 N–H and O–H groups in total. The van der Waals surface area contributed by atoms with Crippen molar-refractivity contribution >= 4 is 33.2 Å². The molecular weight excluding hydrogens is 431 g/mol. The van der Waals surface area contributed by atoms with Crippen LogP contribution in [0.1, 0.15) is 23.7 Å². The van der Waals surface area contributed by atoms with E-state index in [9.17, 15) is 13.5 Å². The van der Waals surface area contributed by atoms with Gasteiger partial charge in [0.25, 0.3) is 0 Å². The van der Waals surface area contributed by atoms with Crippen LogP contribution in [0.2, 0.25) is 10.2 Å². The van der Waals surface area contributed by atoms with Crippen LogP contribution in [0.25, 0.3) is 0 Å². The molecule has 3 aromatic rings. The van der Waals surface area contributed by atoms with Crippen LogP contribution >= 0.6 is 23.2 Å². The minimum atomic E-state index is -4.04. The molecule has 0 spiro atoms. The second-order valence-electron chi connectivity index (χ2n) is 6.45. The SMILES string of the molecule is O=S(=O)(c1c(Cl)ccnc1Cl)N(CCC(O)c1ccccc1)Cc1ccccc1. The smallest absolute Gasteiger partial charge is 0.247 e. The van der Waals surface area contributed by atoms with E-state index in [0.717, 1.165) is 11.1 Å². The third-order valence-corrected chi connectivity index (χ3v) is 7.20. The number of pyridine rings is 1. The predicted molar refractivity (Wildman–Crippen MR) is 114 cm³/mol. The van der Waals surface area contributed by atoms with Crippen molar-refractivity contribution < 1.29 is 13.5 Å². The molecule has 0 aliphatic heterocycles. The second kappa shape index (κ2) is 9.69. The van der Waals surface area contributed by atoms with Gasteiger partial charge in [-0.25, -0.2) is 13.4 Å². The molecule has 1 atom stereocenters. The molecule has 0 radical (unpaired) electrons. The zero-order valence-electron chi connectivity index (χ0n) is 15.4. The minimum absolute atomic E-state index is 0.00618. The maximum absolute atomic E-state index is 13.4. The molecule has 0 amide bonds. The largest absolute Gasteiger partial charge is 0.388 e. The molecule has 1 unspecified atom stereocenters. The Kier molecular flexibility index (Phi) is 7.27. The van der Waals surface area contributed by atoms with Crippen LogP contribution in [0.4, 0.5) is 0 Å². The molecule has 0 fully saturated rings. The molecule has 29 heavy (non-hydrogen) atoms. The van der Waals surface area contributed by atoms with Crippen molar-refractivity contribution in [1.82, 2.24) is 9.29 Å². The van der Waals surface area contributed by atoms with Crippen LogP contribution < -0.4 is 0 Å². The lowest BCUT2D eigenvalue weighted by Crippen LogP contribution is -2.33. The zero-order valence-corrected chi connectivity index (χ0v) is 17.8. The van der Waals surface area contributed by atoms with Crippen molar-refractivity contribution in [3.63, 3.8) is 0 Å². The molecule has 8 heteroatoms. The summed E-state index contributed by atoms with van der Waals surface area (Å²) < 4.78 is 28.0. The number of rotatable bonds is 8. The van der Waals surface area contributed by atoms with E-state index < -0.39 is 16.1 Å². The monoisotopic (exact) mass is 450 g/mol. The van der Waals surface area contributed by atoms with Crippen LogP contribution in [0.15, 0.2) is 77.8 Å².